The van der Waals surface area contributed by atoms with E-state index in [9.17, 15) is 9.59 Å². The Labute approximate surface area is 76.2 Å². The molecule has 2 fully saturated rings. The van der Waals surface area contributed by atoms with Crippen molar-refractivity contribution < 1.29 is 19.1 Å². The Kier molecular flexibility index (Phi) is 2.20. The van der Waals surface area contributed by atoms with Gasteiger partial charge >= 0.3 is 11.9 Å². The highest BCUT2D eigenvalue weighted by Gasteiger charge is 2.35. The van der Waals surface area contributed by atoms with Crippen molar-refractivity contribution in [1.82, 2.24) is 0 Å². The first-order chi connectivity index (χ1) is 6.25. The van der Waals surface area contributed by atoms with E-state index in [-0.39, 0.29) is 24.1 Å². The van der Waals surface area contributed by atoms with Gasteiger partial charge in [-0.3, -0.25) is 9.59 Å². The van der Waals surface area contributed by atoms with Crippen LogP contribution in [-0.2, 0) is 19.1 Å². The van der Waals surface area contributed by atoms with Crippen molar-refractivity contribution in [2.75, 3.05) is 0 Å². The minimum absolute atomic E-state index is 0.167. The normalized spacial score (nSPS) is 34.2. The number of hydrogen-bond acceptors (Lipinski definition) is 4. The Morgan fingerprint density at radius 3 is 2.08 bits per heavy atom. The summed E-state index contributed by atoms with van der Waals surface area (Å²) in [5.41, 5.74) is 0. The van der Waals surface area contributed by atoms with Crippen LogP contribution in [0.1, 0.15) is 32.1 Å². The lowest BCUT2D eigenvalue weighted by atomic mass is 10.0. The molecule has 2 unspecified atom stereocenters. The number of ether oxygens (including phenoxy) is 2. The van der Waals surface area contributed by atoms with E-state index in [1.807, 2.05) is 0 Å². The van der Waals surface area contributed by atoms with Crippen molar-refractivity contribution in [1.29, 1.82) is 0 Å². The molecule has 0 aliphatic carbocycles. The van der Waals surface area contributed by atoms with Gasteiger partial charge in [0, 0.05) is 12.8 Å². The third-order valence-corrected chi connectivity index (χ3v) is 2.48. The molecule has 0 aromatic carbocycles. The van der Waals surface area contributed by atoms with Crippen LogP contribution >= 0.6 is 0 Å². The van der Waals surface area contributed by atoms with Gasteiger partial charge in [0.1, 0.15) is 12.2 Å². The third kappa shape index (κ3) is 1.82. The standard InChI is InChI=1S/C9H12O4/c10-8-3-1-2-6(12-8)7-4-5-9(11)13-7/h6-7H,1-5H2. The van der Waals surface area contributed by atoms with Crippen LogP contribution in [0.3, 0.4) is 0 Å². The van der Waals surface area contributed by atoms with Crippen molar-refractivity contribution >= 4 is 11.9 Å². The average Bonchev–Trinajstić information content (AvgIpc) is 2.52. The summed E-state index contributed by atoms with van der Waals surface area (Å²) in [5, 5.41) is 0. The van der Waals surface area contributed by atoms with Crippen molar-refractivity contribution in [3.63, 3.8) is 0 Å². The summed E-state index contributed by atoms with van der Waals surface area (Å²) < 4.78 is 10.1. The van der Waals surface area contributed by atoms with Gasteiger partial charge in [-0.25, -0.2) is 0 Å². The molecule has 0 aromatic rings. The molecule has 4 nitrogen and oxygen atoms in total. The van der Waals surface area contributed by atoms with Gasteiger partial charge in [0.25, 0.3) is 0 Å². The smallest absolute Gasteiger partial charge is 0.306 e. The molecule has 2 atom stereocenters. The highest BCUT2D eigenvalue weighted by Crippen LogP contribution is 2.25. The van der Waals surface area contributed by atoms with Gasteiger partial charge in [-0.15, -0.1) is 0 Å². The highest BCUT2D eigenvalue weighted by molar-refractivity contribution is 5.72. The Balaban J connectivity index is 1.92. The second-order valence-electron chi connectivity index (χ2n) is 3.49. The number of rotatable bonds is 1. The molecule has 0 aromatic heterocycles. The second-order valence-corrected chi connectivity index (χ2v) is 3.49. The minimum Gasteiger partial charge on any atom is -0.458 e. The van der Waals surface area contributed by atoms with Crippen LogP contribution in [0.25, 0.3) is 0 Å². The van der Waals surface area contributed by atoms with Crippen molar-refractivity contribution in [3.05, 3.63) is 0 Å². The summed E-state index contributed by atoms with van der Waals surface area (Å²) in [6.45, 7) is 0. The quantitative estimate of drug-likeness (QED) is 0.565. The molecule has 13 heavy (non-hydrogen) atoms. The maximum Gasteiger partial charge on any atom is 0.306 e. The van der Waals surface area contributed by atoms with E-state index >= 15 is 0 Å². The van der Waals surface area contributed by atoms with E-state index in [4.69, 9.17) is 9.47 Å². The van der Waals surface area contributed by atoms with E-state index in [2.05, 4.69) is 0 Å². The van der Waals surface area contributed by atoms with Gasteiger partial charge in [0.15, 0.2) is 0 Å². The fourth-order valence-corrected chi connectivity index (χ4v) is 1.80. The van der Waals surface area contributed by atoms with Crippen LogP contribution in [0, 0.1) is 0 Å². The fraction of sp³-hybridized carbons (Fsp3) is 0.778. The second kappa shape index (κ2) is 3.36. The molecule has 4 heteroatoms. The molecule has 2 aliphatic heterocycles. The molecular weight excluding hydrogens is 172 g/mol. The van der Waals surface area contributed by atoms with Crippen LogP contribution in [0.2, 0.25) is 0 Å². The van der Waals surface area contributed by atoms with E-state index in [0.29, 0.717) is 19.3 Å². The topological polar surface area (TPSA) is 52.6 Å². The molecule has 2 rings (SSSR count). The molecule has 0 spiro atoms. The van der Waals surface area contributed by atoms with Gasteiger partial charge in [-0.1, -0.05) is 0 Å². The molecule has 2 heterocycles. The first-order valence-electron chi connectivity index (χ1n) is 4.64. The van der Waals surface area contributed by atoms with E-state index in [1.165, 1.54) is 0 Å². The fourth-order valence-electron chi connectivity index (χ4n) is 1.80. The van der Waals surface area contributed by atoms with Crippen LogP contribution < -0.4 is 0 Å². The van der Waals surface area contributed by atoms with Gasteiger partial charge in [0.05, 0.1) is 0 Å². The molecule has 0 N–H and O–H groups in total. The lowest BCUT2D eigenvalue weighted by Crippen LogP contribution is -2.34. The zero-order valence-electron chi connectivity index (χ0n) is 7.32. The zero-order chi connectivity index (χ0) is 9.26. The Morgan fingerprint density at radius 2 is 1.54 bits per heavy atom. The predicted molar refractivity (Wildman–Crippen MR) is 42.8 cm³/mol. The first-order valence-corrected chi connectivity index (χ1v) is 4.64. The van der Waals surface area contributed by atoms with Crippen LogP contribution in [0.4, 0.5) is 0 Å². The van der Waals surface area contributed by atoms with Gasteiger partial charge in [-0.2, -0.15) is 0 Å². The number of cyclic esters (lactones) is 2. The lowest BCUT2D eigenvalue weighted by Gasteiger charge is -2.25. The summed E-state index contributed by atoms with van der Waals surface area (Å²) in [7, 11) is 0. The summed E-state index contributed by atoms with van der Waals surface area (Å²) in [6, 6.07) is 0. The molecule has 0 bridgehead atoms. The van der Waals surface area contributed by atoms with Crippen molar-refractivity contribution in [2.24, 2.45) is 0 Å². The monoisotopic (exact) mass is 184 g/mol. The predicted octanol–water partition coefficient (Wildman–Crippen LogP) is 0.788. The Morgan fingerprint density at radius 1 is 0.923 bits per heavy atom. The summed E-state index contributed by atoms with van der Waals surface area (Å²) in [6.07, 6.45) is 2.94. The minimum atomic E-state index is -0.187. The summed E-state index contributed by atoms with van der Waals surface area (Å²) in [5.74, 6) is -0.342. The Bertz CT molecular complexity index is 236. The number of carbonyl (C=O) groups is 2. The number of carbonyl (C=O) groups excluding carboxylic acids is 2. The summed E-state index contributed by atoms with van der Waals surface area (Å²) in [4.78, 5) is 21.8. The number of hydrogen-bond donors (Lipinski definition) is 0. The average molecular weight is 184 g/mol. The molecule has 0 saturated carbocycles. The van der Waals surface area contributed by atoms with E-state index < -0.39 is 0 Å². The molecular formula is C9H12O4. The molecule has 2 saturated heterocycles. The molecule has 0 radical (unpaired) electrons. The molecule has 2 aliphatic rings. The van der Waals surface area contributed by atoms with Crippen LogP contribution in [0.5, 0.6) is 0 Å². The lowest BCUT2D eigenvalue weighted by molar-refractivity contribution is -0.166. The highest BCUT2D eigenvalue weighted by atomic mass is 16.6. The van der Waals surface area contributed by atoms with Gasteiger partial charge in [-0.05, 0) is 19.3 Å². The first kappa shape index (κ1) is 8.53. The van der Waals surface area contributed by atoms with E-state index in [1.54, 1.807) is 0 Å². The maximum absolute atomic E-state index is 10.9. The van der Waals surface area contributed by atoms with Crippen molar-refractivity contribution in [3.8, 4) is 0 Å². The van der Waals surface area contributed by atoms with Crippen LogP contribution in [-0.4, -0.2) is 24.1 Å². The Hall–Kier alpha value is -1.06. The SMILES string of the molecule is O=C1CCCC(C2CCC(=O)O2)O1. The zero-order valence-corrected chi connectivity index (χ0v) is 7.32. The van der Waals surface area contributed by atoms with Gasteiger partial charge < -0.3 is 9.47 Å². The largest absolute Gasteiger partial charge is 0.458 e. The summed E-state index contributed by atoms with van der Waals surface area (Å²) >= 11 is 0. The molecule has 0 amide bonds. The molecule has 72 valence electrons. The van der Waals surface area contributed by atoms with Gasteiger partial charge in [0.2, 0.25) is 0 Å². The third-order valence-electron chi connectivity index (χ3n) is 2.48. The maximum atomic E-state index is 10.9. The van der Waals surface area contributed by atoms with Crippen LogP contribution in [0.15, 0.2) is 0 Å². The number of esters is 2. The van der Waals surface area contributed by atoms with Crippen molar-refractivity contribution in [2.45, 2.75) is 44.3 Å². The van der Waals surface area contributed by atoms with E-state index in [0.717, 1.165) is 12.8 Å².